The summed E-state index contributed by atoms with van der Waals surface area (Å²) in [4.78, 5) is 63.1. The van der Waals surface area contributed by atoms with E-state index in [1.807, 2.05) is 125 Å². The van der Waals surface area contributed by atoms with Crippen molar-refractivity contribution in [2.45, 2.75) is 286 Å². The molecule has 2 fully saturated rings. The molecule has 0 amide bonds. The molecule has 0 radical (unpaired) electrons. The molecule has 2 unspecified atom stereocenters. The zero-order chi connectivity index (χ0) is 92.8. The lowest BCUT2D eigenvalue weighted by atomic mass is 9.55. The molecule has 0 aliphatic heterocycles. The lowest BCUT2D eigenvalue weighted by Crippen LogP contribution is -2.52. The molecular formula is C96H126Br6N18O6. The summed E-state index contributed by atoms with van der Waals surface area (Å²) in [5.41, 5.74) is 17.3. The Bertz CT molecular complexity index is 5810. The molecule has 12 aliphatic carbocycles. The topological polar surface area (TPSA) is 245 Å². The first kappa shape index (κ1) is 97.7. The maximum Gasteiger partial charge on any atom is 0.282 e. The quantitative estimate of drug-likeness (QED) is 0.128. The van der Waals surface area contributed by atoms with Crippen molar-refractivity contribution in [1.29, 1.82) is 0 Å². The normalized spacial score (nSPS) is 31.9. The molecule has 0 spiro atoms. The van der Waals surface area contributed by atoms with Gasteiger partial charge in [-0.05, 0) is 221 Å². The molecule has 24 nitrogen and oxygen atoms in total. The Morgan fingerprint density at radius 2 is 0.706 bits per heavy atom. The number of carbonyl (C=O) groups excluding carboxylic acids is 4. The van der Waals surface area contributed by atoms with Gasteiger partial charge in [-0.1, -0.05) is 149 Å². The maximum atomic E-state index is 12.3. The summed E-state index contributed by atoms with van der Waals surface area (Å²) in [6.07, 6.45) is 23.0. The highest BCUT2D eigenvalue weighted by molar-refractivity contribution is 9.11. The van der Waals surface area contributed by atoms with Crippen molar-refractivity contribution < 1.29 is 31.0 Å². The first-order chi connectivity index (χ1) is 59.6. The van der Waals surface area contributed by atoms with E-state index in [1.54, 1.807) is 0 Å². The molecule has 20 atom stereocenters. The van der Waals surface area contributed by atoms with Gasteiger partial charge >= 0.3 is 0 Å². The zero-order valence-electron chi connectivity index (χ0n) is 77.5. The SMILES string of the molecule is C.C.CC.C[C@@H]1c2oncc2C[C@]2(C)c3c(c(Br)nn3C)CC[C@@H]12.C[C@@H]1c2oncc2C[C@]2(C)c3nn(C)c(Br)c3CC[C@@H]12.[3H]C.[3H]C.[C-]#[N+]C1=C[C@]2(C)c3c(c(Br)nn3C)CC[C@H]2[C@H](C)C1=O.[C-]#[N+]C1=C[C@]2(C)c3nn(C)c(Br)c3CC[C@H]2[C@H](C)C1=O.[C-]#[N+]C1C[C@]2(C)c3c(c(Br)nn3C)CC[C@H]2[C@H](C)C1=O.[C-]#[N+]C1C[C@]2(C)c3nn(C)c(Br)c3CC[C@H]2[C@H](C)C1=O. The maximum absolute atomic E-state index is 12.3. The largest absolute Gasteiger partial charge is 0.361 e. The molecule has 8 aromatic heterocycles. The number of halogens is 6. The van der Waals surface area contributed by atoms with E-state index in [9.17, 15) is 19.2 Å². The van der Waals surface area contributed by atoms with Gasteiger partial charge in [-0.2, -0.15) is 30.6 Å². The van der Waals surface area contributed by atoms with Crippen LogP contribution in [0.5, 0.6) is 0 Å². The van der Waals surface area contributed by atoms with E-state index in [1.165, 1.54) is 89.2 Å². The third-order valence-corrected chi connectivity index (χ3v) is 36.1. The van der Waals surface area contributed by atoms with E-state index in [4.69, 9.17) is 48.3 Å². The smallest absolute Gasteiger partial charge is 0.282 e. The Kier molecular flexibility index (Phi) is 29.1. The Balaban J connectivity index is 0.000000157. The van der Waals surface area contributed by atoms with Crippen LogP contribution in [0.25, 0.3) is 19.4 Å². The average Bonchev–Trinajstić information content (AvgIpc) is 1.57. The number of hydrogen-bond donors (Lipinski definition) is 0. The summed E-state index contributed by atoms with van der Waals surface area (Å²) in [6, 6.07) is -0.996. The van der Waals surface area contributed by atoms with E-state index in [0.717, 1.165) is 133 Å². The summed E-state index contributed by atoms with van der Waals surface area (Å²) >= 11 is 21.6. The lowest BCUT2D eigenvalue weighted by molar-refractivity contribution is -0.130. The zero-order valence-corrected chi connectivity index (χ0v) is 85.0. The molecule has 0 bridgehead atoms. The molecule has 0 N–H and O–H groups in total. The van der Waals surface area contributed by atoms with Gasteiger partial charge in [-0.15, -0.1) is 0 Å². The number of carbonyl (C=O) groups is 4. The molecule has 12 aliphatic rings. The molecule has 8 aromatic rings. The van der Waals surface area contributed by atoms with Gasteiger partial charge in [0.15, 0.2) is 11.6 Å². The minimum atomic E-state index is -0.502. The fourth-order valence-electron chi connectivity index (χ4n) is 25.4. The molecule has 0 saturated heterocycles. The van der Waals surface area contributed by atoms with Crippen LogP contribution >= 0.6 is 95.6 Å². The Labute approximate surface area is 798 Å². The van der Waals surface area contributed by atoms with Gasteiger partial charge in [0.2, 0.25) is 23.0 Å². The Morgan fingerprint density at radius 3 is 1.12 bits per heavy atom. The standard InChI is InChI=1S/3C15H18BrN3O.C15H16BrN3O.C15H18BrN3O.C15H16BrN3O.C2H6.4CH4/c1-8-11-5-4-10-13(19(3)18-14(10)16)15(11,2)6-9-7-17-20-12(8)9;1-8-11-5-4-10-13(18-19(3)14(10)16)15(11,2)6-9-7-17-20-12(8)9;2*1-8-10-6-5-9-13(19(4)18-14(9)16)15(10,2)7-11(17-3)12(8)20;2*1-8-10-6-5-9-13(18-19(4)14(9)16)15(10,2)7-11(17-3)12(8)20;1-2;;;;/h2*7-8,11H,4-6H2,1-3H3;8,10-11H,5-7H2,1-2,4H3;7-8,10H,5-6H2,1-2,4H3;8,10-11H,5-7H2,1-2,4H3;7-8,10H,5-6H2,1-2,4H3;1-2H3;4*1H4/t2*8-,11-,15-;8-,10-,11?,15-;8-,10-,15-;8-,10-,11?,15-;8-,10-,15-;;;;;/m000000...../s1/i;;;;;;;2*1T;;. The number of hydrogen-bond acceptors (Lipinski definition) is 14. The molecule has 20 rings (SSSR count). The predicted molar refractivity (Wildman–Crippen MR) is 512 cm³/mol. The van der Waals surface area contributed by atoms with Gasteiger partial charge in [0.1, 0.15) is 39.1 Å². The third-order valence-electron chi connectivity index (χ3n) is 31.2. The van der Waals surface area contributed by atoms with Crippen LogP contribution in [0.3, 0.4) is 0 Å². The van der Waals surface area contributed by atoms with Crippen LogP contribution < -0.4 is 0 Å². The molecular weight excluding hydrogens is 1980 g/mol. The van der Waals surface area contributed by atoms with Crippen LogP contribution in [-0.4, -0.2) is 104 Å². The second kappa shape index (κ2) is 37.5. The van der Waals surface area contributed by atoms with Crippen LogP contribution in [0, 0.1) is 85.5 Å². The monoisotopic (exact) mass is 2100 g/mol. The highest BCUT2D eigenvalue weighted by Crippen LogP contribution is 2.60. The van der Waals surface area contributed by atoms with Crippen molar-refractivity contribution in [1.82, 2.24) is 69.0 Å². The fraction of sp³-hybridized carbons (Fsp3) is 0.625. The molecule has 30 heteroatoms. The van der Waals surface area contributed by atoms with Crippen LogP contribution in [0.15, 0.2) is 72.6 Å². The predicted octanol–water partition coefficient (Wildman–Crippen LogP) is 22.1. The number of Topliss-reactive ketones (excluding diaryl/α,β-unsaturated/α-hetero) is 4. The van der Waals surface area contributed by atoms with Crippen molar-refractivity contribution in [3.8, 4) is 0 Å². The first-order valence-corrected chi connectivity index (χ1v) is 47.7. The van der Waals surface area contributed by atoms with E-state index < -0.39 is 12.1 Å². The highest BCUT2D eigenvalue weighted by atomic mass is 79.9. The van der Waals surface area contributed by atoms with E-state index in [0.29, 0.717) is 48.3 Å². The number of ketones is 4. The second-order valence-electron chi connectivity index (χ2n) is 37.6. The van der Waals surface area contributed by atoms with Crippen LogP contribution in [0.1, 0.15) is 283 Å². The molecule has 2 saturated carbocycles. The minimum Gasteiger partial charge on any atom is -0.361 e. The average molecular weight is 2110 g/mol. The molecule has 126 heavy (non-hydrogen) atoms. The van der Waals surface area contributed by atoms with Crippen LogP contribution in [-0.2, 0) is 145 Å². The summed E-state index contributed by atoms with van der Waals surface area (Å²) in [5, 5.41) is 35.7. The van der Waals surface area contributed by atoms with Gasteiger partial charge in [0.05, 0.1) is 48.3 Å². The van der Waals surface area contributed by atoms with Crippen molar-refractivity contribution in [3.63, 3.8) is 0 Å². The number of aryl methyl sites for hydroxylation is 6. The molecule has 8 heterocycles. The third kappa shape index (κ3) is 16.0. The Hall–Kier alpha value is -7.32. The molecule has 0 aromatic carbocycles. The van der Waals surface area contributed by atoms with Crippen molar-refractivity contribution >= 4 is 119 Å². The Morgan fingerprint density at radius 1 is 0.397 bits per heavy atom. The number of fused-ring (bicyclic) bond motifs is 20. The first-order valence-electron chi connectivity index (χ1n) is 44.9. The van der Waals surface area contributed by atoms with Gasteiger partial charge in [0, 0.05) is 182 Å². The van der Waals surface area contributed by atoms with Crippen LogP contribution in [0.4, 0.5) is 0 Å². The summed E-state index contributed by atoms with van der Waals surface area (Å²) < 4.78 is 40.1. The number of nitrogens with zero attached hydrogens (tertiary/aromatic N) is 18. The fourth-order valence-corrected chi connectivity index (χ4v) is 28.7. The van der Waals surface area contributed by atoms with E-state index >= 15 is 0 Å². The summed E-state index contributed by atoms with van der Waals surface area (Å²) in [7, 11) is 14.3. The van der Waals surface area contributed by atoms with E-state index in [-0.39, 0.29) is 117 Å². The van der Waals surface area contributed by atoms with Crippen molar-refractivity contribution in [2.24, 2.45) is 101 Å². The number of allylic oxidation sites excluding steroid dienone is 4. The second-order valence-corrected chi connectivity index (χ2v) is 42.1. The van der Waals surface area contributed by atoms with Crippen molar-refractivity contribution in [3.05, 3.63) is 199 Å². The van der Waals surface area contributed by atoms with Gasteiger partial charge in [-0.25, -0.2) is 22.8 Å². The van der Waals surface area contributed by atoms with Gasteiger partial charge in [-0.3, -0.25) is 37.7 Å². The number of rotatable bonds is 0. The number of aromatic nitrogens is 14. The van der Waals surface area contributed by atoms with Gasteiger partial charge < -0.3 is 28.3 Å². The lowest BCUT2D eigenvalue weighted by Gasteiger charge is -2.47. The minimum absolute atomic E-state index is 0. The summed E-state index contributed by atoms with van der Waals surface area (Å²) in [6.45, 7) is 59.0. The van der Waals surface area contributed by atoms with Crippen molar-refractivity contribution in [2.75, 3.05) is 0 Å². The summed E-state index contributed by atoms with van der Waals surface area (Å²) in [5.74, 6) is 5.26. The van der Waals surface area contributed by atoms with E-state index in [2.05, 4.69) is 213 Å². The highest BCUT2D eigenvalue weighted by Gasteiger charge is 2.60. The van der Waals surface area contributed by atoms with Crippen LogP contribution in [0.2, 0.25) is 0 Å². The molecule has 678 valence electrons. The van der Waals surface area contributed by atoms with Gasteiger partial charge in [0.25, 0.3) is 12.1 Å².